The van der Waals surface area contributed by atoms with Crippen molar-refractivity contribution in [2.75, 3.05) is 7.11 Å². The van der Waals surface area contributed by atoms with E-state index in [1.165, 1.54) is 0 Å². The van der Waals surface area contributed by atoms with Gasteiger partial charge in [-0.3, -0.25) is 9.48 Å². The summed E-state index contributed by atoms with van der Waals surface area (Å²) in [6.45, 7) is 2.58. The number of rotatable bonds is 4. The number of nitrogens with zero attached hydrogens (tertiary/aromatic N) is 2. The molecular weight excluding hydrogens is 343 g/mol. The maximum absolute atomic E-state index is 12.4. The minimum Gasteiger partial charge on any atom is -0.493 e. The summed E-state index contributed by atoms with van der Waals surface area (Å²) in [6.07, 6.45) is 1.57. The minimum atomic E-state index is -0.0670. The lowest BCUT2D eigenvalue weighted by Gasteiger charge is -2.06. The Morgan fingerprint density at radius 3 is 2.61 bits per heavy atom. The summed E-state index contributed by atoms with van der Waals surface area (Å²) < 4.78 is 7.94. The van der Waals surface area contributed by atoms with Gasteiger partial charge in [0.2, 0.25) is 5.78 Å². The van der Waals surface area contributed by atoms with Crippen LogP contribution in [-0.2, 0) is 6.54 Å². The van der Waals surface area contributed by atoms with E-state index in [0.717, 1.165) is 3.57 Å². The van der Waals surface area contributed by atoms with Gasteiger partial charge in [0.1, 0.15) is 0 Å². The fourth-order valence-corrected chi connectivity index (χ4v) is 2.08. The van der Waals surface area contributed by atoms with E-state index in [1.807, 2.05) is 31.2 Å². The van der Waals surface area contributed by atoms with Crippen LogP contribution in [0.1, 0.15) is 23.0 Å². The Morgan fingerprint density at radius 2 is 2.06 bits per heavy atom. The molecule has 18 heavy (non-hydrogen) atoms. The number of ketones is 1. The molecule has 0 spiro atoms. The molecule has 0 aliphatic heterocycles. The summed E-state index contributed by atoms with van der Waals surface area (Å²) in [4.78, 5) is 12.4. The summed E-state index contributed by atoms with van der Waals surface area (Å²) >= 11 is 2.21. The molecular formula is C13H13IN2O2. The molecule has 0 radical (unpaired) electrons. The number of carbonyl (C=O) groups is 1. The maximum Gasteiger partial charge on any atom is 0.214 e. The molecule has 0 aliphatic rings. The van der Waals surface area contributed by atoms with Crippen LogP contribution in [0.2, 0.25) is 0 Å². The van der Waals surface area contributed by atoms with Gasteiger partial charge in [0.05, 0.1) is 13.3 Å². The predicted molar refractivity (Wildman–Crippen MR) is 77.0 cm³/mol. The van der Waals surface area contributed by atoms with E-state index in [2.05, 4.69) is 27.7 Å². The number of hydrogen-bond acceptors (Lipinski definition) is 3. The first-order chi connectivity index (χ1) is 8.67. The largest absolute Gasteiger partial charge is 0.493 e. The zero-order valence-electron chi connectivity index (χ0n) is 10.2. The zero-order valence-corrected chi connectivity index (χ0v) is 12.3. The molecule has 1 aromatic carbocycles. The van der Waals surface area contributed by atoms with Gasteiger partial charge < -0.3 is 4.74 Å². The number of methoxy groups -OCH3 is 1. The highest BCUT2D eigenvalue weighted by molar-refractivity contribution is 14.1. The topological polar surface area (TPSA) is 44.1 Å². The van der Waals surface area contributed by atoms with Crippen LogP contribution < -0.4 is 4.74 Å². The minimum absolute atomic E-state index is 0.0670. The lowest BCUT2D eigenvalue weighted by Crippen LogP contribution is -2.11. The van der Waals surface area contributed by atoms with Crippen molar-refractivity contribution in [1.82, 2.24) is 9.78 Å². The second-order valence-corrected chi connectivity index (χ2v) is 4.96. The van der Waals surface area contributed by atoms with Gasteiger partial charge in [-0.15, -0.1) is 0 Å². The van der Waals surface area contributed by atoms with Gasteiger partial charge in [0, 0.05) is 15.7 Å². The Kier molecular flexibility index (Phi) is 4.00. The van der Waals surface area contributed by atoms with E-state index < -0.39 is 0 Å². The first-order valence-electron chi connectivity index (χ1n) is 5.57. The fraction of sp³-hybridized carbons (Fsp3) is 0.231. The normalized spacial score (nSPS) is 10.4. The summed E-state index contributed by atoms with van der Waals surface area (Å²) in [7, 11) is 1.54. The molecule has 4 nitrogen and oxygen atoms in total. The first kappa shape index (κ1) is 13.1. The third-order valence-electron chi connectivity index (χ3n) is 2.65. The average Bonchev–Trinajstić information content (AvgIpc) is 2.81. The maximum atomic E-state index is 12.4. The molecule has 1 heterocycles. The first-order valence-corrected chi connectivity index (χ1v) is 6.65. The highest BCUT2D eigenvalue weighted by Gasteiger charge is 2.20. The van der Waals surface area contributed by atoms with Gasteiger partial charge in [-0.25, -0.2) is 0 Å². The Bertz CT molecular complexity index is 539. The zero-order chi connectivity index (χ0) is 13.1. The van der Waals surface area contributed by atoms with Crippen molar-refractivity contribution >= 4 is 28.4 Å². The van der Waals surface area contributed by atoms with Crippen molar-refractivity contribution in [2.45, 2.75) is 13.5 Å². The SMILES string of the molecule is CCn1ncc(OC)c1C(=O)c1ccc(I)cc1. The van der Waals surface area contributed by atoms with Crippen LogP contribution in [0.5, 0.6) is 5.75 Å². The lowest BCUT2D eigenvalue weighted by molar-refractivity contribution is 0.102. The molecule has 0 bridgehead atoms. The van der Waals surface area contributed by atoms with Crippen LogP contribution in [0.4, 0.5) is 0 Å². The van der Waals surface area contributed by atoms with Crippen LogP contribution in [0.3, 0.4) is 0 Å². The van der Waals surface area contributed by atoms with Crippen LogP contribution in [0.15, 0.2) is 30.5 Å². The summed E-state index contributed by atoms with van der Waals surface area (Å²) in [5.41, 5.74) is 1.14. The Labute approximate surface area is 119 Å². The second kappa shape index (κ2) is 5.51. The van der Waals surface area contributed by atoms with E-state index in [-0.39, 0.29) is 5.78 Å². The number of hydrogen-bond donors (Lipinski definition) is 0. The van der Waals surface area contributed by atoms with Crippen molar-refractivity contribution in [3.8, 4) is 5.75 Å². The highest BCUT2D eigenvalue weighted by atomic mass is 127. The van der Waals surface area contributed by atoms with Crippen molar-refractivity contribution in [3.63, 3.8) is 0 Å². The van der Waals surface area contributed by atoms with E-state index in [9.17, 15) is 4.79 Å². The molecule has 2 rings (SSSR count). The number of aromatic nitrogens is 2. The summed E-state index contributed by atoms with van der Waals surface area (Å²) in [5.74, 6) is 0.447. The molecule has 0 N–H and O–H groups in total. The van der Waals surface area contributed by atoms with Crippen LogP contribution in [0, 0.1) is 3.57 Å². The molecule has 94 valence electrons. The van der Waals surface area contributed by atoms with Crippen molar-refractivity contribution < 1.29 is 9.53 Å². The molecule has 1 aromatic heterocycles. The lowest BCUT2D eigenvalue weighted by atomic mass is 10.1. The van der Waals surface area contributed by atoms with Gasteiger partial charge in [-0.05, 0) is 53.8 Å². The Morgan fingerprint density at radius 1 is 1.39 bits per heavy atom. The number of benzene rings is 1. The van der Waals surface area contributed by atoms with Gasteiger partial charge in [0.15, 0.2) is 11.4 Å². The quantitative estimate of drug-likeness (QED) is 0.625. The summed E-state index contributed by atoms with van der Waals surface area (Å²) in [5, 5.41) is 4.14. The smallest absolute Gasteiger partial charge is 0.214 e. The monoisotopic (exact) mass is 356 g/mol. The number of carbonyl (C=O) groups excluding carboxylic acids is 1. The van der Waals surface area contributed by atoms with Gasteiger partial charge in [-0.2, -0.15) is 5.10 Å². The predicted octanol–water partition coefficient (Wildman–Crippen LogP) is 2.75. The summed E-state index contributed by atoms with van der Waals surface area (Å²) in [6, 6.07) is 7.45. The number of halogens is 1. The average molecular weight is 356 g/mol. The van der Waals surface area contributed by atoms with Crippen molar-refractivity contribution in [3.05, 3.63) is 45.3 Å². The van der Waals surface area contributed by atoms with Crippen molar-refractivity contribution in [1.29, 1.82) is 0 Å². The molecule has 2 aromatic rings. The fourth-order valence-electron chi connectivity index (χ4n) is 1.72. The van der Waals surface area contributed by atoms with E-state index in [4.69, 9.17) is 4.74 Å². The van der Waals surface area contributed by atoms with E-state index in [1.54, 1.807) is 18.0 Å². The third-order valence-corrected chi connectivity index (χ3v) is 3.37. The molecule has 0 saturated carbocycles. The van der Waals surface area contributed by atoms with Gasteiger partial charge >= 0.3 is 0 Å². The Hall–Kier alpha value is -1.37. The van der Waals surface area contributed by atoms with E-state index >= 15 is 0 Å². The van der Waals surface area contributed by atoms with Crippen molar-refractivity contribution in [2.24, 2.45) is 0 Å². The Balaban J connectivity index is 2.44. The molecule has 0 amide bonds. The van der Waals surface area contributed by atoms with Gasteiger partial charge in [-0.1, -0.05) is 0 Å². The standard InChI is InChI=1S/C13H13IN2O2/c1-3-16-12(11(18-2)8-15-16)13(17)9-4-6-10(14)7-5-9/h4-8H,3H2,1-2H3. The third kappa shape index (κ3) is 2.40. The molecule has 0 unspecified atom stereocenters. The van der Waals surface area contributed by atoms with Crippen LogP contribution >= 0.6 is 22.6 Å². The highest BCUT2D eigenvalue weighted by Crippen LogP contribution is 2.21. The second-order valence-electron chi connectivity index (χ2n) is 3.71. The molecule has 0 fully saturated rings. The van der Waals surface area contributed by atoms with Gasteiger partial charge in [0.25, 0.3) is 0 Å². The van der Waals surface area contributed by atoms with Crippen LogP contribution in [-0.4, -0.2) is 22.7 Å². The molecule has 5 heteroatoms. The molecule has 0 aliphatic carbocycles. The number of aryl methyl sites for hydroxylation is 1. The molecule has 0 saturated heterocycles. The van der Waals surface area contributed by atoms with Crippen LogP contribution in [0.25, 0.3) is 0 Å². The van der Waals surface area contributed by atoms with E-state index in [0.29, 0.717) is 23.6 Å². The molecule has 0 atom stereocenters. The number of ether oxygens (including phenoxy) is 1.